The minimum absolute atomic E-state index is 0. The van der Waals surface area contributed by atoms with Gasteiger partial charge in [-0.1, -0.05) is 29.5 Å². The first-order chi connectivity index (χ1) is 17.4. The van der Waals surface area contributed by atoms with E-state index < -0.39 is 53.3 Å². The number of aromatic amines is 1. The smallest absolute Gasteiger partial charge is 0.622 e. The predicted octanol–water partition coefficient (Wildman–Crippen LogP) is 3.28. The van der Waals surface area contributed by atoms with Gasteiger partial charge < -0.3 is 10.1 Å². The van der Waals surface area contributed by atoms with E-state index in [2.05, 4.69) is 25.9 Å². The Hall–Kier alpha value is -2.29. The molecule has 22 heteroatoms. The molecule has 0 saturated heterocycles. The molecule has 0 atom stereocenters. The molecule has 0 aliphatic heterocycles. The summed E-state index contributed by atoms with van der Waals surface area (Å²) in [5.41, 5.74) is -0.553. The van der Waals surface area contributed by atoms with Crippen LogP contribution >= 0.6 is 0 Å². The molecule has 0 fully saturated rings. The van der Waals surface area contributed by atoms with Crippen molar-refractivity contribution in [3.63, 3.8) is 0 Å². The first kappa shape index (κ1) is 35.7. The van der Waals surface area contributed by atoms with Gasteiger partial charge in [0.25, 0.3) is 0 Å². The van der Waals surface area contributed by atoms with Crippen molar-refractivity contribution in [2.24, 2.45) is 0 Å². The van der Waals surface area contributed by atoms with Crippen LogP contribution in [0.25, 0.3) is 5.32 Å². The third-order valence-corrected chi connectivity index (χ3v) is 5.02. The Kier molecular flexibility index (Phi) is 10.3. The van der Waals surface area contributed by atoms with E-state index in [0.717, 1.165) is 12.1 Å². The number of aromatic nitrogens is 4. The van der Waals surface area contributed by atoms with Crippen LogP contribution in [0.2, 0.25) is 0 Å². The molecule has 220 valence electrons. The molecule has 2 aromatic rings. The number of rotatable bonds is 11. The van der Waals surface area contributed by atoms with Crippen LogP contribution in [0.15, 0.2) is 24.3 Å². The fraction of sp³-hybridized carbons (Fsp3) is 0.556. The summed E-state index contributed by atoms with van der Waals surface area (Å²) in [4.78, 5) is 11.5. The second-order valence-electron chi connectivity index (χ2n) is 7.71. The van der Waals surface area contributed by atoms with Crippen molar-refractivity contribution < 1.29 is 100 Å². The van der Waals surface area contributed by atoms with Crippen molar-refractivity contribution in [2.75, 3.05) is 0 Å². The third-order valence-electron chi connectivity index (χ3n) is 5.02. The number of tetrazole rings is 1. The SMILES string of the molecule is O=C([N-]c1ccc(CCCc2nn[nH]n2)cc1)C(F)(F)C(F)(F)C(F)(F)C(F)(F)C(F)(F)C(F)(F)C(F)(F)F.[Na+]. The van der Waals surface area contributed by atoms with E-state index in [1.54, 1.807) is 0 Å². The number of alkyl halides is 15. The number of nitrogens with zero attached hydrogens (tertiary/aromatic N) is 4. The van der Waals surface area contributed by atoms with Gasteiger partial charge in [0, 0.05) is 6.42 Å². The van der Waals surface area contributed by atoms with Gasteiger partial charge in [0.2, 0.25) is 0 Å². The van der Waals surface area contributed by atoms with Crippen molar-refractivity contribution in [1.82, 2.24) is 20.6 Å². The van der Waals surface area contributed by atoms with Crippen molar-refractivity contribution >= 4 is 11.6 Å². The van der Waals surface area contributed by atoms with Crippen LogP contribution in [0.1, 0.15) is 17.8 Å². The quantitative estimate of drug-likeness (QED) is 0.309. The molecule has 0 bridgehead atoms. The molecule has 0 radical (unpaired) electrons. The third kappa shape index (κ3) is 6.00. The maximum atomic E-state index is 13.9. The average molecular weight is 621 g/mol. The molecule has 40 heavy (non-hydrogen) atoms. The summed E-state index contributed by atoms with van der Waals surface area (Å²) in [6, 6.07) is 3.53. The topological polar surface area (TPSA) is 85.6 Å². The summed E-state index contributed by atoms with van der Waals surface area (Å²) < 4.78 is 198. The molecule has 2 rings (SSSR count). The van der Waals surface area contributed by atoms with Crippen LogP contribution in [0.5, 0.6) is 0 Å². The van der Waals surface area contributed by atoms with E-state index in [1.165, 1.54) is 0 Å². The monoisotopic (exact) mass is 621 g/mol. The van der Waals surface area contributed by atoms with Crippen molar-refractivity contribution in [1.29, 1.82) is 0 Å². The molecule has 6 nitrogen and oxygen atoms in total. The number of H-pyrrole nitrogens is 1. The van der Waals surface area contributed by atoms with E-state index >= 15 is 0 Å². The molecular weight excluding hydrogens is 610 g/mol. The number of halogens is 15. The predicted molar refractivity (Wildman–Crippen MR) is 96.4 cm³/mol. The number of benzene rings is 1. The number of amides is 1. The van der Waals surface area contributed by atoms with Gasteiger partial charge in [-0.25, -0.2) is 0 Å². The fourth-order valence-electron chi connectivity index (χ4n) is 2.76. The van der Waals surface area contributed by atoms with E-state index in [1.807, 2.05) is 0 Å². The summed E-state index contributed by atoms with van der Waals surface area (Å²) in [5, 5.41) is 15.1. The Bertz CT molecular complexity index is 1140. The van der Waals surface area contributed by atoms with Gasteiger partial charge in [-0.15, -0.1) is 15.9 Å². The normalized spacial score (nSPS) is 14.1. The van der Waals surface area contributed by atoms with Crippen molar-refractivity contribution in [3.05, 3.63) is 41.0 Å². The van der Waals surface area contributed by atoms with E-state index in [4.69, 9.17) is 0 Å². The maximum Gasteiger partial charge on any atom is 1.00 e. The van der Waals surface area contributed by atoms with Crippen LogP contribution in [0.3, 0.4) is 0 Å². The zero-order valence-corrected chi connectivity index (χ0v) is 21.3. The van der Waals surface area contributed by atoms with Crippen LogP contribution in [0.4, 0.5) is 71.5 Å². The van der Waals surface area contributed by atoms with Gasteiger partial charge in [-0.3, -0.25) is 0 Å². The van der Waals surface area contributed by atoms with Gasteiger partial charge in [-0.2, -0.15) is 71.1 Å². The molecule has 0 saturated carbocycles. The minimum Gasteiger partial charge on any atom is -0.622 e. The van der Waals surface area contributed by atoms with Crippen LogP contribution in [0, 0.1) is 0 Å². The largest absolute Gasteiger partial charge is 1.00 e. The standard InChI is InChI=1S/C18H12F15N5O.Na/c19-12(20,11(39)34-9-6-4-8(5-7-9)2-1-3-10-35-37-38-36-10)13(21,22)14(23,24)15(25,26)16(27,28)17(29,30)18(31,32)33;/h4-7H,1-3H2,(H2,34,35,36,37,38,39);/q;+1/p-1. The zero-order valence-electron chi connectivity index (χ0n) is 19.3. The Morgan fingerprint density at radius 2 is 1.18 bits per heavy atom. The maximum absolute atomic E-state index is 13.9. The van der Waals surface area contributed by atoms with Gasteiger partial charge >= 0.3 is 71.3 Å². The average Bonchev–Trinajstić information content (AvgIpc) is 3.32. The Balaban J connectivity index is 0.00000800. The molecule has 0 aliphatic carbocycles. The van der Waals surface area contributed by atoms with E-state index in [9.17, 15) is 70.7 Å². The van der Waals surface area contributed by atoms with Crippen LogP contribution in [-0.4, -0.2) is 68.2 Å². The molecule has 0 unspecified atom stereocenters. The fourth-order valence-corrected chi connectivity index (χ4v) is 2.76. The number of hydrogen-bond acceptors (Lipinski definition) is 4. The molecule has 1 aromatic heterocycles. The number of carbonyl (C=O) groups is 1. The number of hydrogen-bond donors (Lipinski definition) is 1. The summed E-state index contributed by atoms with van der Waals surface area (Å²) in [7, 11) is 0. The minimum atomic E-state index is -8.48. The Morgan fingerprint density at radius 1 is 0.700 bits per heavy atom. The van der Waals surface area contributed by atoms with Crippen LogP contribution in [-0.2, 0) is 17.6 Å². The van der Waals surface area contributed by atoms with Gasteiger partial charge in [0.05, 0.1) is 0 Å². The molecular formula is C18H11F15N5NaO. The van der Waals surface area contributed by atoms with Gasteiger partial charge in [0.15, 0.2) is 5.82 Å². The molecule has 1 N–H and O–H groups in total. The molecule has 1 heterocycles. The molecule has 1 amide bonds. The summed E-state index contributed by atoms with van der Waals surface area (Å²) in [6.07, 6.45) is -6.79. The van der Waals surface area contributed by atoms with E-state index in [-0.39, 0.29) is 36.0 Å². The number of carbonyl (C=O) groups excluding carboxylic acids is 1. The van der Waals surface area contributed by atoms with E-state index in [0.29, 0.717) is 36.4 Å². The number of aryl methyl sites for hydroxylation is 2. The zero-order chi connectivity index (χ0) is 30.3. The molecule has 0 spiro atoms. The van der Waals surface area contributed by atoms with Gasteiger partial charge in [-0.05, 0) is 18.4 Å². The summed E-state index contributed by atoms with van der Waals surface area (Å²) in [5.74, 6) is -51.7. The number of nitrogens with one attached hydrogen (secondary N) is 1. The molecule has 1 aromatic carbocycles. The Labute approximate surface area is 234 Å². The van der Waals surface area contributed by atoms with Crippen molar-refractivity contribution in [2.45, 2.75) is 61.0 Å². The van der Waals surface area contributed by atoms with Crippen molar-refractivity contribution in [3.8, 4) is 0 Å². The second-order valence-corrected chi connectivity index (χ2v) is 7.71. The van der Waals surface area contributed by atoms with Crippen LogP contribution < -0.4 is 29.6 Å². The Morgan fingerprint density at radius 3 is 1.62 bits per heavy atom. The summed E-state index contributed by atoms with van der Waals surface area (Å²) in [6.45, 7) is 0. The second kappa shape index (κ2) is 11.5. The first-order valence-electron chi connectivity index (χ1n) is 9.86. The summed E-state index contributed by atoms with van der Waals surface area (Å²) >= 11 is 0. The van der Waals surface area contributed by atoms with Gasteiger partial charge in [0.1, 0.15) is 5.91 Å². The molecule has 0 aliphatic rings. The first-order valence-corrected chi connectivity index (χ1v) is 9.86.